The fraction of sp³-hybridized carbons (Fsp3) is 0.147. The summed E-state index contributed by atoms with van der Waals surface area (Å²) >= 11 is 6.29. The summed E-state index contributed by atoms with van der Waals surface area (Å²) in [6.45, 7) is 8.06. The molecule has 4 aromatic carbocycles. The lowest BCUT2D eigenvalue weighted by molar-refractivity contribution is -0.120. The number of ether oxygens (including phenoxy) is 1. The Morgan fingerprint density at radius 1 is 0.780 bits per heavy atom. The minimum Gasteiger partial charge on any atom is -0.423 e. The Bertz CT molecular complexity index is 1670. The number of carbonyl (C=O) groups excluding carboxylic acids is 3. The van der Waals surface area contributed by atoms with Crippen molar-refractivity contribution in [3.05, 3.63) is 136 Å². The number of hydrogen-bond donors (Lipinski definition) is 1. The van der Waals surface area contributed by atoms with Gasteiger partial charge in [0.25, 0.3) is 11.8 Å². The molecule has 2 amide bonds. The van der Waals surface area contributed by atoms with Crippen molar-refractivity contribution in [3.63, 3.8) is 0 Å². The first-order valence-electron chi connectivity index (χ1n) is 13.2. The van der Waals surface area contributed by atoms with Crippen LogP contribution in [-0.2, 0) is 15.0 Å². The van der Waals surface area contributed by atoms with E-state index in [1.54, 1.807) is 48.5 Å². The quantitative estimate of drug-likeness (QED) is 0.145. The maximum absolute atomic E-state index is 13.2. The molecule has 0 bridgehead atoms. The second-order valence-corrected chi connectivity index (χ2v) is 10.8. The van der Waals surface area contributed by atoms with E-state index in [0.717, 1.165) is 21.6 Å². The summed E-state index contributed by atoms with van der Waals surface area (Å²) in [6, 6.07) is 29.5. The van der Waals surface area contributed by atoms with Gasteiger partial charge in [0.1, 0.15) is 16.5 Å². The Kier molecular flexibility index (Phi) is 7.52. The van der Waals surface area contributed by atoms with Crippen molar-refractivity contribution in [1.29, 1.82) is 0 Å². The number of benzene rings is 4. The lowest BCUT2D eigenvalue weighted by Crippen LogP contribution is -2.33. The normalized spacial score (nSPS) is 13.5. The fourth-order valence-electron chi connectivity index (χ4n) is 4.77. The fourth-order valence-corrected chi connectivity index (χ4v) is 4.98. The second-order valence-electron chi connectivity index (χ2n) is 10.5. The van der Waals surface area contributed by atoms with Crippen molar-refractivity contribution >= 4 is 40.8 Å². The molecule has 0 aromatic heterocycles. The van der Waals surface area contributed by atoms with Crippen molar-refractivity contribution in [2.24, 2.45) is 0 Å². The monoisotopic (exact) mass is 564 g/mol. The second kappa shape index (κ2) is 11.1. The van der Waals surface area contributed by atoms with E-state index in [-0.39, 0.29) is 16.1 Å². The largest absolute Gasteiger partial charge is 0.423 e. The lowest BCUT2D eigenvalue weighted by Gasteiger charge is -2.26. The number of esters is 1. The highest BCUT2D eigenvalue weighted by Gasteiger charge is 2.39. The lowest BCUT2D eigenvalue weighted by atomic mass is 9.78. The van der Waals surface area contributed by atoms with Gasteiger partial charge in [-0.05, 0) is 78.6 Å². The molecular formula is C34H29ClN2O4. The van der Waals surface area contributed by atoms with Gasteiger partial charge >= 0.3 is 5.97 Å². The number of halogens is 1. The van der Waals surface area contributed by atoms with E-state index in [9.17, 15) is 14.4 Å². The highest BCUT2D eigenvalue weighted by atomic mass is 35.5. The number of nitrogens with zero attached hydrogens (tertiary/aromatic N) is 1. The first-order valence-corrected chi connectivity index (χ1v) is 13.6. The summed E-state index contributed by atoms with van der Waals surface area (Å²) in [5.41, 5.74) is 5.15. The molecule has 0 saturated heterocycles. The molecule has 1 aliphatic rings. The molecule has 0 spiro atoms. The predicted molar refractivity (Wildman–Crippen MR) is 161 cm³/mol. The molecule has 1 N–H and O–H groups in total. The summed E-state index contributed by atoms with van der Waals surface area (Å²) in [5.74, 6) is -1.22. The first kappa shape index (κ1) is 27.9. The van der Waals surface area contributed by atoms with Gasteiger partial charge in [-0.15, -0.1) is 0 Å². The summed E-state index contributed by atoms with van der Waals surface area (Å²) in [7, 11) is 0. The van der Waals surface area contributed by atoms with Gasteiger partial charge in [0.15, 0.2) is 0 Å². The molecular weight excluding hydrogens is 536 g/mol. The minimum absolute atomic E-state index is 0.0218. The summed E-state index contributed by atoms with van der Waals surface area (Å²) < 4.78 is 5.58. The number of aryl methyl sites for hydroxylation is 1. The van der Waals surface area contributed by atoms with E-state index in [2.05, 4.69) is 31.3 Å². The number of anilines is 2. The maximum Gasteiger partial charge on any atom is 0.343 e. The van der Waals surface area contributed by atoms with Crippen LogP contribution >= 0.6 is 11.6 Å². The van der Waals surface area contributed by atoms with Crippen LogP contribution in [0.2, 0.25) is 0 Å². The zero-order chi connectivity index (χ0) is 29.3. The Morgan fingerprint density at radius 3 is 2.07 bits per heavy atom. The van der Waals surface area contributed by atoms with Gasteiger partial charge in [-0.2, -0.15) is 0 Å². The standard InChI is InChI=1S/C34H29ClN2O4/c1-21-9-8-12-28(22(21)2)37-31(38)29(35)30(32(37)39)36-26-17-13-23(14-18-26)33(40)41-27-19-15-25(16-20-27)34(3,4)24-10-6-5-7-11-24/h5-20,36H,1-4H3. The van der Waals surface area contributed by atoms with Gasteiger partial charge in [-0.25, -0.2) is 9.69 Å². The zero-order valence-corrected chi connectivity index (χ0v) is 24.0. The van der Waals surface area contributed by atoms with Gasteiger partial charge < -0.3 is 10.1 Å². The van der Waals surface area contributed by atoms with Crippen LogP contribution in [0.15, 0.2) is 108 Å². The third kappa shape index (κ3) is 5.39. The molecule has 0 aliphatic carbocycles. The molecule has 1 heterocycles. The molecule has 4 aromatic rings. The minimum atomic E-state index is -0.591. The van der Waals surface area contributed by atoms with Crippen molar-refractivity contribution in [2.75, 3.05) is 10.2 Å². The van der Waals surface area contributed by atoms with Crippen molar-refractivity contribution < 1.29 is 19.1 Å². The van der Waals surface area contributed by atoms with E-state index in [4.69, 9.17) is 16.3 Å². The average Bonchev–Trinajstić information content (AvgIpc) is 3.18. The smallest absolute Gasteiger partial charge is 0.343 e. The van der Waals surface area contributed by atoms with Crippen LogP contribution in [0.1, 0.15) is 46.5 Å². The van der Waals surface area contributed by atoms with Crippen molar-refractivity contribution in [3.8, 4) is 5.75 Å². The van der Waals surface area contributed by atoms with E-state index in [1.807, 2.05) is 50.2 Å². The van der Waals surface area contributed by atoms with Gasteiger partial charge in [0, 0.05) is 11.1 Å². The number of nitrogens with one attached hydrogen (secondary N) is 1. The maximum atomic E-state index is 13.2. The Labute approximate surface area is 244 Å². The van der Waals surface area contributed by atoms with Crippen LogP contribution in [0.3, 0.4) is 0 Å². The van der Waals surface area contributed by atoms with Crippen molar-refractivity contribution in [2.45, 2.75) is 33.1 Å². The molecule has 41 heavy (non-hydrogen) atoms. The SMILES string of the molecule is Cc1cccc(N2C(=O)C(Cl)=C(Nc3ccc(C(=O)Oc4ccc(C(C)(C)c5ccccc5)cc4)cc3)C2=O)c1C. The van der Waals surface area contributed by atoms with Gasteiger partial charge in [-0.1, -0.05) is 80.0 Å². The predicted octanol–water partition coefficient (Wildman–Crippen LogP) is 7.28. The van der Waals surface area contributed by atoms with E-state index >= 15 is 0 Å². The van der Waals surface area contributed by atoms with Crippen LogP contribution in [0.4, 0.5) is 11.4 Å². The molecule has 0 atom stereocenters. The molecule has 6 nitrogen and oxygen atoms in total. The molecule has 206 valence electrons. The van der Waals surface area contributed by atoms with Gasteiger partial charge in [0.05, 0.1) is 11.3 Å². The third-order valence-electron chi connectivity index (χ3n) is 7.52. The van der Waals surface area contributed by atoms with Crippen LogP contribution < -0.4 is 15.0 Å². The van der Waals surface area contributed by atoms with Gasteiger partial charge in [-0.3, -0.25) is 9.59 Å². The number of carbonyl (C=O) groups is 3. The number of amides is 2. The van der Waals surface area contributed by atoms with Crippen molar-refractivity contribution in [1.82, 2.24) is 0 Å². The molecule has 1 aliphatic heterocycles. The molecule has 0 radical (unpaired) electrons. The summed E-state index contributed by atoms with van der Waals surface area (Å²) in [6.07, 6.45) is 0. The number of rotatable bonds is 7. The molecule has 7 heteroatoms. The molecule has 0 fully saturated rings. The highest BCUT2D eigenvalue weighted by Crippen LogP contribution is 2.34. The zero-order valence-electron chi connectivity index (χ0n) is 23.2. The molecule has 0 unspecified atom stereocenters. The van der Waals surface area contributed by atoms with Crippen LogP contribution in [0.25, 0.3) is 0 Å². The van der Waals surface area contributed by atoms with Crippen LogP contribution in [0.5, 0.6) is 5.75 Å². The third-order valence-corrected chi connectivity index (χ3v) is 7.87. The Morgan fingerprint density at radius 2 is 1.41 bits per heavy atom. The van der Waals surface area contributed by atoms with Crippen LogP contribution in [0, 0.1) is 13.8 Å². The van der Waals surface area contributed by atoms with E-state index in [1.165, 1.54) is 5.56 Å². The molecule has 5 rings (SSSR count). The first-order chi connectivity index (χ1) is 19.6. The van der Waals surface area contributed by atoms with E-state index in [0.29, 0.717) is 22.7 Å². The van der Waals surface area contributed by atoms with Crippen LogP contribution in [-0.4, -0.2) is 17.8 Å². The average molecular weight is 565 g/mol. The van der Waals surface area contributed by atoms with Gasteiger partial charge in [0.2, 0.25) is 0 Å². The summed E-state index contributed by atoms with van der Waals surface area (Å²) in [4.78, 5) is 39.9. The van der Waals surface area contributed by atoms with E-state index < -0.39 is 17.8 Å². The Hall–Kier alpha value is -4.68. The molecule has 0 saturated carbocycles. The number of hydrogen-bond acceptors (Lipinski definition) is 5. The topological polar surface area (TPSA) is 75.7 Å². The Balaban J connectivity index is 1.26. The summed E-state index contributed by atoms with van der Waals surface area (Å²) in [5, 5.41) is 2.74. The number of imide groups is 1. The highest BCUT2D eigenvalue weighted by molar-refractivity contribution is 6.53.